The van der Waals surface area contributed by atoms with Crippen LogP contribution in [0.5, 0.6) is 0 Å². The predicted octanol–water partition coefficient (Wildman–Crippen LogP) is 2.34. The SMILES string of the molecule is Cc1ccc(C(=O)OC(C)C(=O)Nc2ccc(F)cc2)cc1S(=O)(=O)N1CCOCC1. The third-order valence-corrected chi connectivity index (χ3v) is 6.82. The molecule has 1 aliphatic heterocycles. The van der Waals surface area contributed by atoms with Crippen LogP contribution in [-0.4, -0.2) is 57.0 Å². The maximum Gasteiger partial charge on any atom is 0.338 e. The summed E-state index contributed by atoms with van der Waals surface area (Å²) in [5.41, 5.74) is 0.854. The van der Waals surface area contributed by atoms with Crippen LogP contribution in [0.4, 0.5) is 10.1 Å². The van der Waals surface area contributed by atoms with Crippen molar-refractivity contribution in [3.05, 3.63) is 59.4 Å². The van der Waals surface area contributed by atoms with Crippen molar-refractivity contribution in [3.8, 4) is 0 Å². The molecule has 1 aliphatic rings. The molecular weight excluding hydrogens is 427 g/mol. The highest BCUT2D eigenvalue weighted by Gasteiger charge is 2.29. The van der Waals surface area contributed by atoms with Crippen molar-refractivity contribution in [1.82, 2.24) is 4.31 Å². The summed E-state index contributed by atoms with van der Waals surface area (Å²) in [4.78, 5) is 24.8. The van der Waals surface area contributed by atoms with Gasteiger partial charge in [0, 0.05) is 18.8 Å². The lowest BCUT2D eigenvalue weighted by molar-refractivity contribution is -0.123. The van der Waals surface area contributed by atoms with Gasteiger partial charge in [-0.3, -0.25) is 4.79 Å². The summed E-state index contributed by atoms with van der Waals surface area (Å²) in [6, 6.07) is 9.36. The van der Waals surface area contributed by atoms with E-state index < -0.39 is 33.8 Å². The largest absolute Gasteiger partial charge is 0.449 e. The first kappa shape index (κ1) is 22.9. The van der Waals surface area contributed by atoms with E-state index in [4.69, 9.17) is 9.47 Å². The van der Waals surface area contributed by atoms with Gasteiger partial charge in [0.1, 0.15) is 5.82 Å². The molecule has 1 saturated heterocycles. The number of rotatable bonds is 6. The normalized spacial score (nSPS) is 15.8. The summed E-state index contributed by atoms with van der Waals surface area (Å²) in [5, 5.41) is 2.52. The summed E-state index contributed by atoms with van der Waals surface area (Å²) in [6.07, 6.45) is -1.15. The second-order valence-electron chi connectivity index (χ2n) is 7.04. The van der Waals surface area contributed by atoms with Crippen LogP contribution in [-0.2, 0) is 24.3 Å². The average Bonchev–Trinajstić information content (AvgIpc) is 2.76. The Morgan fingerprint density at radius 3 is 2.42 bits per heavy atom. The number of hydrogen-bond donors (Lipinski definition) is 1. The lowest BCUT2D eigenvalue weighted by atomic mass is 10.1. The van der Waals surface area contributed by atoms with E-state index >= 15 is 0 Å². The number of aryl methyl sites for hydroxylation is 1. The minimum atomic E-state index is -3.80. The summed E-state index contributed by atoms with van der Waals surface area (Å²) >= 11 is 0. The number of morpholine rings is 1. The summed E-state index contributed by atoms with van der Waals surface area (Å²) in [7, 11) is -3.80. The summed E-state index contributed by atoms with van der Waals surface area (Å²) in [6.45, 7) is 4.10. The van der Waals surface area contributed by atoms with Gasteiger partial charge in [0.15, 0.2) is 6.10 Å². The predicted molar refractivity (Wildman–Crippen MR) is 111 cm³/mol. The molecule has 1 amide bonds. The van der Waals surface area contributed by atoms with Gasteiger partial charge < -0.3 is 14.8 Å². The molecule has 1 N–H and O–H groups in total. The Kier molecular flexibility index (Phi) is 7.04. The van der Waals surface area contributed by atoms with Crippen LogP contribution in [0.3, 0.4) is 0 Å². The first-order chi connectivity index (χ1) is 14.7. The van der Waals surface area contributed by atoms with Crippen molar-refractivity contribution >= 4 is 27.6 Å². The smallest absolute Gasteiger partial charge is 0.338 e. The Balaban J connectivity index is 1.72. The van der Waals surface area contributed by atoms with Gasteiger partial charge in [0.05, 0.1) is 23.7 Å². The van der Waals surface area contributed by atoms with Crippen molar-refractivity contribution in [2.75, 3.05) is 31.6 Å². The number of sulfonamides is 1. The van der Waals surface area contributed by atoms with Crippen LogP contribution in [0.1, 0.15) is 22.8 Å². The molecule has 0 aliphatic carbocycles. The van der Waals surface area contributed by atoms with E-state index in [0.29, 0.717) is 24.5 Å². The molecule has 31 heavy (non-hydrogen) atoms. The molecule has 0 spiro atoms. The van der Waals surface area contributed by atoms with Crippen molar-refractivity contribution in [3.63, 3.8) is 0 Å². The maximum atomic E-state index is 13.0. The number of ether oxygens (including phenoxy) is 2. The van der Waals surface area contributed by atoms with Gasteiger partial charge in [0.2, 0.25) is 10.0 Å². The molecule has 2 aromatic rings. The fourth-order valence-corrected chi connectivity index (χ4v) is 4.65. The van der Waals surface area contributed by atoms with Crippen LogP contribution >= 0.6 is 0 Å². The topological polar surface area (TPSA) is 102 Å². The minimum absolute atomic E-state index is 0.00673. The molecule has 8 nitrogen and oxygen atoms in total. The van der Waals surface area contributed by atoms with Crippen molar-refractivity contribution in [2.24, 2.45) is 0 Å². The molecule has 1 heterocycles. The van der Waals surface area contributed by atoms with E-state index in [0.717, 1.165) is 0 Å². The van der Waals surface area contributed by atoms with E-state index in [1.54, 1.807) is 6.92 Å². The Hall–Kier alpha value is -2.82. The molecular formula is C21H23FN2O6S. The Morgan fingerprint density at radius 1 is 1.13 bits per heavy atom. The van der Waals surface area contributed by atoms with Gasteiger partial charge in [-0.1, -0.05) is 6.07 Å². The zero-order valence-electron chi connectivity index (χ0n) is 17.1. The summed E-state index contributed by atoms with van der Waals surface area (Å²) in [5.74, 6) is -1.88. The number of halogens is 1. The van der Waals surface area contributed by atoms with Crippen LogP contribution in [0, 0.1) is 12.7 Å². The first-order valence-corrected chi connectivity index (χ1v) is 11.1. The molecule has 0 saturated carbocycles. The lowest BCUT2D eigenvalue weighted by Crippen LogP contribution is -2.40. The number of carbonyl (C=O) groups is 2. The van der Waals surface area contributed by atoms with Crippen LogP contribution in [0.2, 0.25) is 0 Å². The van der Waals surface area contributed by atoms with Crippen LogP contribution in [0.15, 0.2) is 47.4 Å². The van der Waals surface area contributed by atoms with Crippen LogP contribution in [0.25, 0.3) is 0 Å². The molecule has 1 unspecified atom stereocenters. The van der Waals surface area contributed by atoms with Crippen molar-refractivity contribution < 1.29 is 31.9 Å². The number of carbonyl (C=O) groups excluding carboxylic acids is 2. The third kappa shape index (κ3) is 5.46. The highest BCUT2D eigenvalue weighted by molar-refractivity contribution is 7.89. The number of nitrogens with one attached hydrogen (secondary N) is 1. The molecule has 10 heteroatoms. The highest BCUT2D eigenvalue weighted by Crippen LogP contribution is 2.23. The molecule has 3 rings (SSSR count). The number of nitrogens with zero attached hydrogens (tertiary/aromatic N) is 1. The fraction of sp³-hybridized carbons (Fsp3) is 0.333. The Morgan fingerprint density at radius 2 is 1.77 bits per heavy atom. The van der Waals surface area contributed by atoms with E-state index in [1.165, 1.54) is 53.7 Å². The van der Waals surface area contributed by atoms with E-state index in [1.807, 2.05) is 0 Å². The van der Waals surface area contributed by atoms with Gasteiger partial charge in [-0.05, 0) is 55.8 Å². The zero-order chi connectivity index (χ0) is 22.6. The molecule has 0 aromatic heterocycles. The summed E-state index contributed by atoms with van der Waals surface area (Å²) < 4.78 is 50.6. The van der Waals surface area contributed by atoms with E-state index in [2.05, 4.69) is 5.32 Å². The number of benzene rings is 2. The van der Waals surface area contributed by atoms with Gasteiger partial charge in [0.25, 0.3) is 5.91 Å². The number of amides is 1. The molecule has 0 radical (unpaired) electrons. The molecule has 1 fully saturated rings. The van der Waals surface area contributed by atoms with Gasteiger partial charge in [-0.15, -0.1) is 0 Å². The molecule has 1 atom stereocenters. The second kappa shape index (κ2) is 9.54. The molecule has 0 bridgehead atoms. The molecule has 2 aromatic carbocycles. The van der Waals surface area contributed by atoms with E-state index in [9.17, 15) is 22.4 Å². The average molecular weight is 450 g/mol. The lowest BCUT2D eigenvalue weighted by Gasteiger charge is -2.26. The third-order valence-electron chi connectivity index (χ3n) is 4.78. The maximum absolute atomic E-state index is 13.0. The van der Waals surface area contributed by atoms with Crippen molar-refractivity contribution in [1.29, 1.82) is 0 Å². The second-order valence-corrected chi connectivity index (χ2v) is 8.95. The monoisotopic (exact) mass is 450 g/mol. The highest BCUT2D eigenvalue weighted by atomic mass is 32.2. The Labute approximate surface area is 180 Å². The van der Waals surface area contributed by atoms with Crippen molar-refractivity contribution in [2.45, 2.75) is 24.8 Å². The quantitative estimate of drug-likeness (QED) is 0.678. The van der Waals surface area contributed by atoms with Gasteiger partial charge in [-0.2, -0.15) is 4.31 Å². The fourth-order valence-electron chi connectivity index (χ4n) is 2.99. The van der Waals surface area contributed by atoms with Crippen LogP contribution < -0.4 is 5.32 Å². The number of hydrogen-bond acceptors (Lipinski definition) is 6. The first-order valence-electron chi connectivity index (χ1n) is 9.64. The standard InChI is InChI=1S/C21H23FN2O6S/c1-14-3-4-16(13-19(14)31(27,28)24-9-11-29-12-10-24)21(26)30-15(2)20(25)23-18-7-5-17(22)6-8-18/h3-8,13,15H,9-12H2,1-2H3,(H,23,25). The molecule has 166 valence electrons. The van der Waals surface area contributed by atoms with Gasteiger partial charge >= 0.3 is 5.97 Å². The van der Waals surface area contributed by atoms with E-state index in [-0.39, 0.29) is 23.5 Å². The zero-order valence-corrected chi connectivity index (χ0v) is 17.9. The van der Waals surface area contributed by atoms with Gasteiger partial charge in [-0.25, -0.2) is 17.6 Å². The number of anilines is 1. The number of esters is 1. The minimum Gasteiger partial charge on any atom is -0.449 e. The Bertz CT molecular complexity index is 1070.